The Bertz CT molecular complexity index is 750. The third-order valence-electron chi connectivity index (χ3n) is 4.21. The largest absolute Gasteiger partial charge is 0.396 e. The Kier molecular flexibility index (Phi) is 6.92. The number of aromatic amines is 1. The van der Waals surface area contributed by atoms with Crippen LogP contribution in [0.2, 0.25) is 0 Å². The predicted octanol–water partition coefficient (Wildman–Crippen LogP) is 2.18. The number of nitrogens with one attached hydrogen (secondary N) is 1. The lowest BCUT2D eigenvalue weighted by molar-refractivity contribution is 0.160. The highest BCUT2D eigenvalue weighted by Gasteiger charge is 2.18. The molecule has 0 saturated heterocycles. The Morgan fingerprint density at radius 2 is 1.62 bits per heavy atom. The smallest absolute Gasteiger partial charge is 0.256 e. The lowest BCUT2D eigenvalue weighted by atomic mass is 10.2. The molecule has 6 nitrogen and oxygen atoms in total. The minimum absolute atomic E-state index is 0.323. The minimum atomic E-state index is 0.323. The maximum atomic E-state index is 4.48. The van der Waals surface area contributed by atoms with E-state index in [0.717, 1.165) is 43.4 Å². The first-order valence-electron chi connectivity index (χ1n) is 8.72. The second kappa shape index (κ2) is 9.60. The molecule has 2 radical (unpaired) electrons. The summed E-state index contributed by atoms with van der Waals surface area (Å²) in [6, 6.07) is 12.4. The molecule has 0 saturated carbocycles. The van der Waals surface area contributed by atoms with E-state index in [1.807, 2.05) is 42.9 Å². The van der Waals surface area contributed by atoms with Crippen molar-refractivity contribution in [1.82, 2.24) is 28.7 Å². The fourth-order valence-corrected chi connectivity index (χ4v) is 3.36. The second-order valence-electron chi connectivity index (χ2n) is 6.36. The molecule has 3 rings (SSSR count). The number of pyridine rings is 2. The first kappa shape index (κ1) is 18.7. The van der Waals surface area contributed by atoms with E-state index in [2.05, 4.69) is 64.3 Å². The third kappa shape index (κ3) is 5.75. The Morgan fingerprint density at radius 3 is 2.19 bits per heavy atom. The van der Waals surface area contributed by atoms with Crippen molar-refractivity contribution in [2.24, 2.45) is 0 Å². The van der Waals surface area contributed by atoms with Crippen LogP contribution in [0.5, 0.6) is 0 Å². The van der Waals surface area contributed by atoms with Gasteiger partial charge >= 0.3 is 0 Å². The number of rotatable bonds is 9. The molecule has 132 valence electrons. The summed E-state index contributed by atoms with van der Waals surface area (Å²) in [7, 11) is 0. The number of aromatic nitrogens is 4. The molecule has 0 bridgehead atoms. The van der Waals surface area contributed by atoms with Crippen LogP contribution < -0.4 is 0 Å². The molecular formula is C19H23AlN6. The molecule has 1 N–H and O–H groups in total. The van der Waals surface area contributed by atoms with Gasteiger partial charge in [-0.2, -0.15) is 0 Å². The summed E-state index contributed by atoms with van der Waals surface area (Å²) in [6.45, 7) is 5.47. The van der Waals surface area contributed by atoms with Crippen LogP contribution >= 0.6 is 0 Å². The number of nitrogens with zero attached hydrogens (tertiary/aromatic N) is 5. The molecule has 0 aliphatic rings. The van der Waals surface area contributed by atoms with Crippen molar-refractivity contribution in [2.75, 3.05) is 6.54 Å². The van der Waals surface area contributed by atoms with Crippen LogP contribution in [0.4, 0.5) is 0 Å². The van der Waals surface area contributed by atoms with E-state index < -0.39 is 0 Å². The summed E-state index contributed by atoms with van der Waals surface area (Å²) in [5.74, 6) is 0.966. The summed E-state index contributed by atoms with van der Waals surface area (Å²) in [5, 5.41) is 0. The maximum Gasteiger partial charge on any atom is 0.256 e. The van der Waals surface area contributed by atoms with Crippen LogP contribution in [0.1, 0.15) is 24.1 Å². The van der Waals surface area contributed by atoms with Gasteiger partial charge in [-0.15, -0.1) is 0 Å². The number of H-pyrrole nitrogens is 1. The first-order chi connectivity index (χ1) is 12.7. The minimum Gasteiger partial charge on any atom is -0.396 e. The molecular weight excluding hydrogens is 339 g/mol. The van der Waals surface area contributed by atoms with Gasteiger partial charge in [0.05, 0.1) is 17.9 Å². The van der Waals surface area contributed by atoms with E-state index in [1.54, 1.807) is 6.20 Å². The highest BCUT2D eigenvalue weighted by Crippen LogP contribution is 2.12. The topological polar surface area (TPSA) is 60.9 Å². The Morgan fingerprint density at radius 1 is 0.923 bits per heavy atom. The van der Waals surface area contributed by atoms with Crippen molar-refractivity contribution in [3.05, 3.63) is 78.4 Å². The fraction of sp³-hybridized carbons (Fsp3) is 0.316. The van der Waals surface area contributed by atoms with Crippen LogP contribution in [0, 0.1) is 0 Å². The maximum absolute atomic E-state index is 4.48. The molecule has 0 aromatic carbocycles. The van der Waals surface area contributed by atoms with Crippen molar-refractivity contribution >= 4 is 16.5 Å². The molecule has 0 spiro atoms. The van der Waals surface area contributed by atoms with Crippen molar-refractivity contribution in [1.29, 1.82) is 0 Å². The van der Waals surface area contributed by atoms with Gasteiger partial charge in [0.1, 0.15) is 5.82 Å². The van der Waals surface area contributed by atoms with Gasteiger partial charge in [-0.05, 0) is 37.7 Å². The molecule has 26 heavy (non-hydrogen) atoms. The Labute approximate surface area is 163 Å². The van der Waals surface area contributed by atoms with Gasteiger partial charge < -0.3 is 8.87 Å². The van der Waals surface area contributed by atoms with Gasteiger partial charge in [0.25, 0.3) is 16.5 Å². The Balaban J connectivity index is 1.64. The normalized spacial score (nSPS) is 12.6. The molecule has 3 heterocycles. The predicted molar refractivity (Wildman–Crippen MR) is 102 cm³/mol. The molecule has 0 fully saturated rings. The van der Waals surface area contributed by atoms with Crippen molar-refractivity contribution < 1.29 is 0 Å². The molecule has 3 aromatic heterocycles. The molecule has 1 unspecified atom stereocenters. The molecule has 0 aliphatic heterocycles. The van der Waals surface area contributed by atoms with Gasteiger partial charge in [0.15, 0.2) is 0 Å². The van der Waals surface area contributed by atoms with Crippen molar-refractivity contribution in [2.45, 2.75) is 32.6 Å². The Hall–Kier alpha value is -2.04. The fourth-order valence-electron chi connectivity index (χ4n) is 2.86. The molecule has 7 heteroatoms. The quantitative estimate of drug-likeness (QED) is 0.591. The van der Waals surface area contributed by atoms with Gasteiger partial charge in [0.2, 0.25) is 0 Å². The van der Waals surface area contributed by atoms with Crippen LogP contribution in [0.3, 0.4) is 0 Å². The summed E-state index contributed by atoms with van der Waals surface area (Å²) >= 11 is 2.82. The number of hydrogen-bond donors (Lipinski definition) is 1. The standard InChI is InChI=1S/C19H23N6.Al/c1-16(12-20-13-17-6-2-4-8-21-17)25(15-19-23-10-11-24-19)14-18-7-3-5-9-22-18;/h2-11,16H,12-15H2,1H3,(H,23,24);/q-1;+1. The second-order valence-corrected chi connectivity index (χ2v) is 7.09. The van der Waals surface area contributed by atoms with Crippen molar-refractivity contribution in [3.63, 3.8) is 0 Å². The molecule has 0 amide bonds. The summed E-state index contributed by atoms with van der Waals surface area (Å²) in [6.07, 6.45) is 7.33. The molecule has 0 aliphatic carbocycles. The average molecular weight is 362 g/mol. The lowest BCUT2D eigenvalue weighted by Crippen LogP contribution is -2.41. The molecule has 1 atom stereocenters. The van der Waals surface area contributed by atoms with Crippen LogP contribution in [-0.4, -0.2) is 57.8 Å². The van der Waals surface area contributed by atoms with E-state index in [-0.39, 0.29) is 0 Å². The number of hydrogen-bond acceptors (Lipinski definition) is 5. The monoisotopic (exact) mass is 362 g/mol. The average Bonchev–Trinajstić information content (AvgIpc) is 3.16. The van der Waals surface area contributed by atoms with E-state index in [9.17, 15) is 0 Å². The SMILES string of the molecule is CC(C[N]([Al])Cc1ccccn1)N(Cc1ccccn1)Cc1ncc[nH]1. The first-order valence-corrected chi connectivity index (χ1v) is 9.24. The van der Waals surface area contributed by atoms with Crippen LogP contribution in [-0.2, 0) is 19.6 Å². The lowest BCUT2D eigenvalue weighted by Gasteiger charge is -2.32. The zero-order chi connectivity index (χ0) is 18.2. The number of imidazole rings is 1. The van der Waals surface area contributed by atoms with Gasteiger partial charge in [0, 0.05) is 43.9 Å². The molecule has 3 aromatic rings. The summed E-state index contributed by atoms with van der Waals surface area (Å²) < 4.78 is 2.22. The van der Waals surface area contributed by atoms with E-state index in [1.165, 1.54) is 0 Å². The van der Waals surface area contributed by atoms with Crippen molar-refractivity contribution in [3.8, 4) is 0 Å². The third-order valence-corrected chi connectivity index (χ3v) is 4.61. The van der Waals surface area contributed by atoms with Gasteiger partial charge in [-0.3, -0.25) is 14.9 Å². The van der Waals surface area contributed by atoms with Gasteiger partial charge in [-0.25, -0.2) is 4.98 Å². The van der Waals surface area contributed by atoms with Crippen LogP contribution in [0.25, 0.3) is 0 Å². The van der Waals surface area contributed by atoms with Gasteiger partial charge in [-0.1, -0.05) is 12.1 Å². The van der Waals surface area contributed by atoms with E-state index >= 15 is 0 Å². The van der Waals surface area contributed by atoms with Crippen LogP contribution in [0.15, 0.2) is 61.2 Å². The summed E-state index contributed by atoms with van der Waals surface area (Å²) in [5.41, 5.74) is 2.13. The highest BCUT2D eigenvalue weighted by molar-refractivity contribution is 6.04. The van der Waals surface area contributed by atoms with E-state index in [4.69, 9.17) is 0 Å². The highest BCUT2D eigenvalue weighted by atomic mass is 27.1. The summed E-state index contributed by atoms with van der Waals surface area (Å²) in [4.78, 5) is 18.8. The zero-order valence-corrected chi connectivity index (χ0v) is 16.1. The van der Waals surface area contributed by atoms with E-state index in [0.29, 0.717) is 6.04 Å². The zero-order valence-electron chi connectivity index (χ0n) is 15.0.